The van der Waals surface area contributed by atoms with Gasteiger partial charge in [0.05, 0.1) is 10.0 Å². The van der Waals surface area contributed by atoms with Crippen LogP contribution in [0.3, 0.4) is 0 Å². The maximum atomic E-state index is 13.3. The van der Waals surface area contributed by atoms with Gasteiger partial charge in [0.2, 0.25) is 11.8 Å². The van der Waals surface area contributed by atoms with Crippen molar-refractivity contribution in [1.29, 1.82) is 0 Å². The van der Waals surface area contributed by atoms with Gasteiger partial charge < -0.3 is 4.42 Å². The number of aromatic nitrogens is 2. The lowest BCUT2D eigenvalue weighted by molar-refractivity contribution is 0.501. The minimum absolute atomic E-state index is 0.306. The standard InChI is InChI=1S/C11H9BrClFN2O/c12-10-7(3-1-4-8(10)14)11-16-15-9(17-11)5-2-6-13/h1,3-4H,2,5-6H2. The molecule has 0 N–H and O–H groups in total. The average molecular weight is 320 g/mol. The molecule has 6 heteroatoms. The molecule has 90 valence electrons. The lowest BCUT2D eigenvalue weighted by atomic mass is 10.2. The molecule has 2 aromatic rings. The van der Waals surface area contributed by atoms with Crippen molar-refractivity contribution < 1.29 is 8.81 Å². The van der Waals surface area contributed by atoms with Crippen molar-refractivity contribution in [2.45, 2.75) is 12.8 Å². The third-order valence-corrected chi connectivity index (χ3v) is 3.25. The molecule has 3 nitrogen and oxygen atoms in total. The summed E-state index contributed by atoms with van der Waals surface area (Å²) in [5.74, 6) is 1.00. The third-order valence-electron chi connectivity index (χ3n) is 2.17. The minimum atomic E-state index is -0.358. The second-order valence-corrected chi connectivity index (χ2v) is 4.57. The highest BCUT2D eigenvalue weighted by molar-refractivity contribution is 9.10. The van der Waals surface area contributed by atoms with Crippen molar-refractivity contribution in [3.63, 3.8) is 0 Å². The number of nitrogens with zero attached hydrogens (tertiary/aromatic N) is 2. The second kappa shape index (κ2) is 5.60. The molecule has 0 unspecified atom stereocenters. The van der Waals surface area contributed by atoms with Crippen LogP contribution in [0, 0.1) is 5.82 Å². The summed E-state index contributed by atoms with van der Waals surface area (Å²) < 4.78 is 19.1. The monoisotopic (exact) mass is 318 g/mol. The number of benzene rings is 1. The number of alkyl halides is 1. The molecule has 1 aromatic carbocycles. The fourth-order valence-corrected chi connectivity index (χ4v) is 1.92. The van der Waals surface area contributed by atoms with Crippen LogP contribution in [0.25, 0.3) is 11.5 Å². The number of aryl methyl sites for hydroxylation is 1. The summed E-state index contributed by atoms with van der Waals surface area (Å²) in [4.78, 5) is 0. The minimum Gasteiger partial charge on any atom is -0.421 e. The third kappa shape index (κ3) is 2.84. The van der Waals surface area contributed by atoms with E-state index in [1.54, 1.807) is 12.1 Å². The van der Waals surface area contributed by atoms with Gasteiger partial charge >= 0.3 is 0 Å². The van der Waals surface area contributed by atoms with Crippen molar-refractivity contribution in [2.24, 2.45) is 0 Å². The van der Waals surface area contributed by atoms with Crippen LogP contribution in [-0.2, 0) is 6.42 Å². The van der Waals surface area contributed by atoms with Crippen LogP contribution < -0.4 is 0 Å². The smallest absolute Gasteiger partial charge is 0.248 e. The topological polar surface area (TPSA) is 38.9 Å². The zero-order valence-electron chi connectivity index (χ0n) is 8.79. The molecule has 0 spiro atoms. The number of hydrogen-bond acceptors (Lipinski definition) is 3. The van der Waals surface area contributed by atoms with Crippen LogP contribution in [0.2, 0.25) is 0 Å². The van der Waals surface area contributed by atoms with E-state index in [1.165, 1.54) is 6.07 Å². The van der Waals surface area contributed by atoms with E-state index in [0.717, 1.165) is 6.42 Å². The molecule has 0 aliphatic rings. The van der Waals surface area contributed by atoms with E-state index in [-0.39, 0.29) is 5.82 Å². The Kier molecular flexibility index (Phi) is 4.12. The Morgan fingerprint density at radius 2 is 2.18 bits per heavy atom. The Balaban J connectivity index is 2.27. The first-order valence-corrected chi connectivity index (χ1v) is 6.38. The summed E-state index contributed by atoms with van der Waals surface area (Å²) >= 11 is 8.73. The van der Waals surface area contributed by atoms with Gasteiger partial charge in [0.15, 0.2) is 0 Å². The Hall–Kier alpha value is -0.940. The van der Waals surface area contributed by atoms with Gasteiger partial charge in [-0.15, -0.1) is 21.8 Å². The molecular weight excluding hydrogens is 310 g/mol. The zero-order chi connectivity index (χ0) is 12.3. The van der Waals surface area contributed by atoms with Gasteiger partial charge in [0.1, 0.15) is 5.82 Å². The number of rotatable bonds is 4. The molecule has 0 saturated carbocycles. The SMILES string of the molecule is Fc1cccc(-c2nnc(CCCCl)o2)c1Br. The number of hydrogen-bond donors (Lipinski definition) is 0. The normalized spacial score (nSPS) is 10.8. The van der Waals surface area contributed by atoms with E-state index >= 15 is 0 Å². The zero-order valence-corrected chi connectivity index (χ0v) is 11.1. The van der Waals surface area contributed by atoms with E-state index in [1.807, 2.05) is 0 Å². The van der Waals surface area contributed by atoms with Crippen LogP contribution in [0.4, 0.5) is 4.39 Å². The molecule has 0 fully saturated rings. The van der Waals surface area contributed by atoms with E-state index in [0.29, 0.717) is 34.1 Å². The Morgan fingerprint density at radius 1 is 1.35 bits per heavy atom. The fourth-order valence-electron chi connectivity index (χ4n) is 1.35. The highest BCUT2D eigenvalue weighted by Crippen LogP contribution is 2.29. The van der Waals surface area contributed by atoms with Gasteiger partial charge in [-0.2, -0.15) is 0 Å². The van der Waals surface area contributed by atoms with Gasteiger partial charge in [0.25, 0.3) is 0 Å². The summed E-state index contributed by atoms with van der Waals surface area (Å²) in [6.45, 7) is 0. The van der Waals surface area contributed by atoms with E-state index in [2.05, 4.69) is 26.1 Å². The Labute approximate surface area is 111 Å². The molecule has 1 aromatic heterocycles. The van der Waals surface area contributed by atoms with Crippen molar-refractivity contribution in [3.05, 3.63) is 34.4 Å². The molecule has 17 heavy (non-hydrogen) atoms. The predicted molar refractivity (Wildman–Crippen MR) is 66.4 cm³/mol. The highest BCUT2D eigenvalue weighted by Gasteiger charge is 2.13. The highest BCUT2D eigenvalue weighted by atomic mass is 79.9. The lowest BCUT2D eigenvalue weighted by Crippen LogP contribution is -1.85. The maximum Gasteiger partial charge on any atom is 0.248 e. The summed E-state index contributed by atoms with van der Waals surface area (Å²) in [6.07, 6.45) is 1.40. The molecule has 1 heterocycles. The Morgan fingerprint density at radius 3 is 2.94 bits per heavy atom. The van der Waals surface area contributed by atoms with Crippen molar-refractivity contribution in [2.75, 3.05) is 5.88 Å². The molecule has 0 saturated heterocycles. The van der Waals surface area contributed by atoms with Crippen LogP contribution in [0.5, 0.6) is 0 Å². The second-order valence-electron chi connectivity index (χ2n) is 3.39. The first kappa shape index (κ1) is 12.5. The first-order chi connectivity index (χ1) is 8.22. The van der Waals surface area contributed by atoms with Crippen molar-refractivity contribution in [1.82, 2.24) is 10.2 Å². The van der Waals surface area contributed by atoms with Gasteiger partial charge in [0, 0.05) is 12.3 Å². The first-order valence-electron chi connectivity index (χ1n) is 5.05. The van der Waals surface area contributed by atoms with Gasteiger partial charge in [-0.25, -0.2) is 4.39 Å². The van der Waals surface area contributed by atoms with E-state index in [9.17, 15) is 4.39 Å². The van der Waals surface area contributed by atoms with E-state index in [4.69, 9.17) is 16.0 Å². The van der Waals surface area contributed by atoms with Gasteiger partial charge in [-0.1, -0.05) is 6.07 Å². The van der Waals surface area contributed by atoms with Crippen LogP contribution in [-0.4, -0.2) is 16.1 Å². The maximum absolute atomic E-state index is 13.3. The summed E-state index contributed by atoms with van der Waals surface area (Å²) in [5.41, 5.74) is 0.551. The molecule has 0 bridgehead atoms. The van der Waals surface area contributed by atoms with Crippen molar-refractivity contribution >= 4 is 27.5 Å². The largest absolute Gasteiger partial charge is 0.421 e. The number of halogens is 3. The molecule has 2 rings (SSSR count). The van der Waals surface area contributed by atoms with Crippen LogP contribution in [0.15, 0.2) is 27.1 Å². The van der Waals surface area contributed by atoms with Gasteiger partial charge in [-0.05, 0) is 34.5 Å². The summed E-state index contributed by atoms with van der Waals surface area (Å²) in [5, 5.41) is 7.77. The van der Waals surface area contributed by atoms with Crippen LogP contribution in [0.1, 0.15) is 12.3 Å². The van der Waals surface area contributed by atoms with Crippen LogP contribution >= 0.6 is 27.5 Å². The van der Waals surface area contributed by atoms with Crippen molar-refractivity contribution in [3.8, 4) is 11.5 Å². The van der Waals surface area contributed by atoms with Gasteiger partial charge in [-0.3, -0.25) is 0 Å². The Bertz CT molecular complexity index is 518. The fraction of sp³-hybridized carbons (Fsp3) is 0.273. The summed E-state index contributed by atoms with van der Waals surface area (Å²) in [6, 6.07) is 4.67. The molecule has 0 radical (unpaired) electrons. The predicted octanol–water partition coefficient (Wildman–Crippen LogP) is 3.81. The molecule has 0 atom stereocenters. The lowest BCUT2D eigenvalue weighted by Gasteiger charge is -1.99. The molecule has 0 amide bonds. The summed E-state index contributed by atoms with van der Waals surface area (Å²) in [7, 11) is 0. The quantitative estimate of drug-likeness (QED) is 0.804. The van der Waals surface area contributed by atoms with E-state index < -0.39 is 0 Å². The molecule has 0 aliphatic heterocycles. The average Bonchev–Trinajstić information content (AvgIpc) is 2.78. The molecular formula is C11H9BrClFN2O. The molecule has 0 aliphatic carbocycles.